The topological polar surface area (TPSA) is 57.7 Å². The molecule has 0 spiro atoms. The quantitative estimate of drug-likeness (QED) is 0.753. The van der Waals surface area contributed by atoms with E-state index >= 15 is 0 Å². The van der Waals surface area contributed by atoms with Crippen molar-refractivity contribution < 1.29 is 13.2 Å². The van der Waals surface area contributed by atoms with Crippen LogP contribution in [0.25, 0.3) is 0 Å². The van der Waals surface area contributed by atoms with Crippen LogP contribution in [0.1, 0.15) is 24.1 Å². The summed E-state index contributed by atoms with van der Waals surface area (Å²) in [5, 5.41) is 0. The van der Waals surface area contributed by atoms with Gasteiger partial charge in [-0.05, 0) is 37.1 Å². The van der Waals surface area contributed by atoms with Gasteiger partial charge in [-0.1, -0.05) is 36.2 Å². The lowest BCUT2D eigenvalue weighted by atomic mass is 10.0. The molecule has 1 aromatic heterocycles. The first-order valence-corrected chi connectivity index (χ1v) is 11.1. The summed E-state index contributed by atoms with van der Waals surface area (Å²) in [5.74, 6) is -0.172. The summed E-state index contributed by atoms with van der Waals surface area (Å²) in [7, 11) is -1.98. The lowest BCUT2D eigenvalue weighted by Gasteiger charge is -2.35. The molecule has 1 unspecified atom stereocenters. The Morgan fingerprint density at radius 3 is 2.62 bits per heavy atom. The summed E-state index contributed by atoms with van der Waals surface area (Å²) in [4.78, 5) is 15.8. The van der Waals surface area contributed by atoms with Crippen LogP contribution in [-0.4, -0.2) is 43.2 Å². The van der Waals surface area contributed by atoms with Crippen LogP contribution in [0.5, 0.6) is 0 Å². The van der Waals surface area contributed by atoms with Crippen LogP contribution in [-0.2, 0) is 21.4 Å². The molecular weight excluding hydrogens is 392 g/mol. The van der Waals surface area contributed by atoms with Gasteiger partial charge in [0.2, 0.25) is 15.9 Å². The molecule has 8 heteroatoms. The Kier molecular flexibility index (Phi) is 6.02. The van der Waals surface area contributed by atoms with Crippen LogP contribution in [0.3, 0.4) is 0 Å². The minimum atomic E-state index is -3.69. The van der Waals surface area contributed by atoms with Crippen LogP contribution in [0.2, 0.25) is 4.34 Å². The Morgan fingerprint density at radius 1 is 1.23 bits per heavy atom. The molecule has 26 heavy (non-hydrogen) atoms. The molecule has 140 valence electrons. The largest absolute Gasteiger partial charge is 0.339 e. The molecule has 1 aromatic carbocycles. The van der Waals surface area contributed by atoms with E-state index in [-0.39, 0.29) is 10.8 Å². The van der Waals surface area contributed by atoms with Gasteiger partial charge < -0.3 is 4.90 Å². The summed E-state index contributed by atoms with van der Waals surface area (Å²) in [6.45, 7) is 0.790. The van der Waals surface area contributed by atoms with E-state index in [1.807, 2.05) is 6.07 Å². The van der Waals surface area contributed by atoms with Crippen LogP contribution < -0.4 is 0 Å². The predicted molar refractivity (Wildman–Crippen MR) is 104 cm³/mol. The number of thiophene rings is 1. The van der Waals surface area contributed by atoms with Crippen LogP contribution in [0.4, 0.5) is 0 Å². The Morgan fingerprint density at radius 2 is 1.96 bits per heavy atom. The first kappa shape index (κ1) is 19.4. The van der Waals surface area contributed by atoms with Crippen molar-refractivity contribution >= 4 is 38.9 Å². The standard InChI is InChI=1S/C18H21ClN2O3S2/c1-20(13-14-10-11-17(19)25-14)18(22)16-9-5-6-12-21(16)26(23,24)15-7-3-2-4-8-15/h2-4,7-8,10-11,16H,5-6,9,12-13H2,1H3. The molecule has 0 aliphatic carbocycles. The second-order valence-electron chi connectivity index (χ2n) is 6.34. The van der Waals surface area contributed by atoms with Crippen molar-refractivity contribution in [1.29, 1.82) is 0 Å². The third kappa shape index (κ3) is 4.11. The van der Waals surface area contributed by atoms with Gasteiger partial charge in [0.15, 0.2) is 0 Å². The van der Waals surface area contributed by atoms with E-state index in [1.54, 1.807) is 48.3 Å². The fraction of sp³-hybridized carbons (Fsp3) is 0.389. The number of carbonyl (C=O) groups is 1. The maximum atomic E-state index is 13.0. The van der Waals surface area contributed by atoms with E-state index in [0.717, 1.165) is 17.7 Å². The summed E-state index contributed by atoms with van der Waals surface area (Å²) in [6.07, 6.45) is 2.15. The van der Waals surface area contributed by atoms with Crippen LogP contribution >= 0.6 is 22.9 Å². The highest BCUT2D eigenvalue weighted by Crippen LogP contribution is 2.27. The fourth-order valence-corrected chi connectivity index (χ4v) is 5.98. The molecule has 1 amide bonds. The van der Waals surface area contributed by atoms with Gasteiger partial charge in [-0.2, -0.15) is 4.31 Å². The number of nitrogens with zero attached hydrogens (tertiary/aromatic N) is 2. The summed E-state index contributed by atoms with van der Waals surface area (Å²) in [6, 6.07) is 11.3. The number of likely N-dealkylation sites (N-methyl/N-ethyl adjacent to an activating group) is 1. The van der Waals surface area contributed by atoms with Gasteiger partial charge >= 0.3 is 0 Å². The van der Waals surface area contributed by atoms with Crippen LogP contribution in [0, 0.1) is 0 Å². The van der Waals surface area contributed by atoms with Gasteiger partial charge in [-0.15, -0.1) is 11.3 Å². The van der Waals surface area contributed by atoms with Gasteiger partial charge in [0, 0.05) is 18.5 Å². The van der Waals surface area contributed by atoms with Crippen molar-refractivity contribution in [3.8, 4) is 0 Å². The number of halogens is 1. The monoisotopic (exact) mass is 412 g/mol. The SMILES string of the molecule is CN(Cc1ccc(Cl)s1)C(=O)C1CCCCN1S(=O)(=O)c1ccccc1. The second-order valence-corrected chi connectivity index (χ2v) is 10.0. The van der Waals surface area contributed by atoms with E-state index in [0.29, 0.717) is 23.8 Å². The minimum Gasteiger partial charge on any atom is -0.339 e. The highest BCUT2D eigenvalue weighted by Gasteiger charge is 2.38. The number of hydrogen-bond donors (Lipinski definition) is 0. The molecule has 0 N–H and O–H groups in total. The van der Waals surface area contributed by atoms with Crippen molar-refractivity contribution in [3.05, 3.63) is 51.7 Å². The zero-order valence-corrected chi connectivity index (χ0v) is 16.9. The summed E-state index contributed by atoms with van der Waals surface area (Å²) >= 11 is 7.37. The van der Waals surface area contributed by atoms with Crippen molar-refractivity contribution in [2.24, 2.45) is 0 Å². The zero-order chi connectivity index (χ0) is 18.7. The van der Waals surface area contributed by atoms with Gasteiger partial charge in [-0.25, -0.2) is 8.42 Å². The summed E-state index contributed by atoms with van der Waals surface area (Å²) < 4.78 is 28.1. The molecule has 0 radical (unpaired) electrons. The third-order valence-electron chi connectivity index (χ3n) is 4.49. The lowest BCUT2D eigenvalue weighted by molar-refractivity contribution is -0.135. The zero-order valence-electron chi connectivity index (χ0n) is 14.5. The molecule has 1 saturated heterocycles. The Labute approximate surface area is 163 Å². The van der Waals surface area contributed by atoms with E-state index in [4.69, 9.17) is 11.6 Å². The van der Waals surface area contributed by atoms with Gasteiger partial charge in [0.25, 0.3) is 0 Å². The maximum absolute atomic E-state index is 13.0. The molecule has 3 rings (SSSR count). The number of hydrogen-bond acceptors (Lipinski definition) is 4. The fourth-order valence-electron chi connectivity index (χ4n) is 3.17. The molecule has 2 aromatic rings. The molecule has 1 aliphatic heterocycles. The van der Waals surface area contributed by atoms with Crippen molar-refractivity contribution in [3.63, 3.8) is 0 Å². The molecule has 0 saturated carbocycles. The minimum absolute atomic E-state index is 0.172. The smallest absolute Gasteiger partial charge is 0.243 e. The molecule has 1 atom stereocenters. The number of piperidine rings is 1. The maximum Gasteiger partial charge on any atom is 0.243 e. The molecule has 1 aliphatic rings. The number of carbonyl (C=O) groups excluding carboxylic acids is 1. The average Bonchev–Trinajstić information content (AvgIpc) is 3.06. The van der Waals surface area contributed by atoms with Crippen molar-refractivity contribution in [2.45, 2.75) is 36.7 Å². The van der Waals surface area contributed by atoms with Crippen molar-refractivity contribution in [1.82, 2.24) is 9.21 Å². The first-order valence-electron chi connectivity index (χ1n) is 8.45. The summed E-state index contributed by atoms with van der Waals surface area (Å²) in [5.41, 5.74) is 0. The predicted octanol–water partition coefficient (Wildman–Crippen LogP) is 3.60. The Balaban J connectivity index is 1.81. The molecule has 5 nitrogen and oxygen atoms in total. The molecule has 1 fully saturated rings. The van der Waals surface area contributed by atoms with E-state index < -0.39 is 16.1 Å². The van der Waals surface area contributed by atoms with E-state index in [2.05, 4.69) is 0 Å². The molecule has 2 heterocycles. The van der Waals surface area contributed by atoms with E-state index in [1.165, 1.54) is 15.6 Å². The number of rotatable bonds is 5. The van der Waals surface area contributed by atoms with Crippen LogP contribution in [0.15, 0.2) is 47.4 Å². The number of benzene rings is 1. The normalized spacial score (nSPS) is 18.6. The average molecular weight is 413 g/mol. The highest BCUT2D eigenvalue weighted by molar-refractivity contribution is 7.89. The van der Waals surface area contributed by atoms with Crippen molar-refractivity contribution in [2.75, 3.05) is 13.6 Å². The van der Waals surface area contributed by atoms with Gasteiger partial charge in [0.05, 0.1) is 15.8 Å². The molecular formula is C18H21ClN2O3S2. The molecule has 0 bridgehead atoms. The lowest BCUT2D eigenvalue weighted by Crippen LogP contribution is -2.51. The Hall–Kier alpha value is -1.41. The first-order chi connectivity index (χ1) is 12.4. The number of sulfonamides is 1. The highest BCUT2D eigenvalue weighted by atomic mass is 35.5. The van der Waals surface area contributed by atoms with Gasteiger partial charge in [0.1, 0.15) is 6.04 Å². The van der Waals surface area contributed by atoms with Gasteiger partial charge in [-0.3, -0.25) is 4.79 Å². The second kappa shape index (κ2) is 8.08. The third-order valence-corrected chi connectivity index (χ3v) is 7.62. The Bertz CT molecular complexity index is 868. The number of amides is 1. The van der Waals surface area contributed by atoms with E-state index in [9.17, 15) is 13.2 Å².